The third-order valence-corrected chi connectivity index (χ3v) is 14.5. The third-order valence-electron chi connectivity index (χ3n) is 8.43. The molecule has 0 saturated carbocycles. The summed E-state index contributed by atoms with van der Waals surface area (Å²) >= 11 is 6.41. The number of hydrogen-bond donors (Lipinski definition) is 2. The fourth-order valence-corrected chi connectivity index (χ4v) is 7.33. The molecule has 0 aliphatic carbocycles. The normalized spacial score (nSPS) is 13.7. The number of aryl methyl sites for hydroxylation is 1. The second-order valence-corrected chi connectivity index (χ2v) is 21.9. The highest BCUT2D eigenvalue weighted by molar-refractivity contribution is 7.90. The molecule has 0 aliphatic rings. The monoisotopic (exact) mass is 729 g/mol. The minimum absolute atomic E-state index is 0.0344. The highest BCUT2D eigenvalue weighted by Crippen LogP contribution is 2.40. The molecule has 2 N–H and O–H groups in total. The van der Waals surface area contributed by atoms with Gasteiger partial charge in [-0.15, -0.1) is 0 Å². The molecule has 2 atom stereocenters. The lowest BCUT2D eigenvalue weighted by atomic mass is 10.1. The van der Waals surface area contributed by atoms with Gasteiger partial charge in [0.05, 0.1) is 24.0 Å². The van der Waals surface area contributed by atoms with Gasteiger partial charge in [-0.05, 0) is 106 Å². The van der Waals surface area contributed by atoms with Crippen molar-refractivity contribution in [2.75, 3.05) is 18.4 Å². The maximum atomic E-state index is 13.7. The first-order chi connectivity index (χ1) is 22.6. The number of nitrogens with zero attached hydrogens (tertiary/aromatic N) is 1. The molecule has 0 saturated heterocycles. The summed E-state index contributed by atoms with van der Waals surface area (Å²) in [6, 6.07) is 20.8. The molecule has 268 valence electrons. The highest BCUT2D eigenvalue weighted by Gasteiger charge is 2.41. The number of halogens is 1. The van der Waals surface area contributed by atoms with Crippen LogP contribution < -0.4 is 10.0 Å². The van der Waals surface area contributed by atoms with Crippen molar-refractivity contribution in [1.82, 2.24) is 9.62 Å². The zero-order valence-electron chi connectivity index (χ0n) is 30.4. The van der Waals surface area contributed by atoms with E-state index in [0.29, 0.717) is 22.8 Å². The zero-order chi connectivity index (χ0) is 36.8. The summed E-state index contributed by atoms with van der Waals surface area (Å²) in [4.78, 5) is 28.2. The lowest BCUT2D eigenvalue weighted by Gasteiger charge is -2.41. The van der Waals surface area contributed by atoms with Gasteiger partial charge in [0.1, 0.15) is 5.60 Å². The van der Waals surface area contributed by atoms with Crippen LogP contribution in [0.3, 0.4) is 0 Å². The smallest absolute Gasteiger partial charge is 0.410 e. The summed E-state index contributed by atoms with van der Waals surface area (Å²) in [5, 5.41) is 3.89. The Hall–Kier alpha value is -3.38. The summed E-state index contributed by atoms with van der Waals surface area (Å²) in [5.41, 5.74) is 2.28. The fraction of sp³-hybridized carbons (Fsp3) is 0.459. The molecule has 3 aromatic carbocycles. The second-order valence-electron chi connectivity index (χ2n) is 15.0. The number of carbonyl (C=O) groups excluding carboxylic acids is 2. The Labute approximate surface area is 298 Å². The van der Waals surface area contributed by atoms with Crippen LogP contribution >= 0.6 is 11.6 Å². The maximum absolute atomic E-state index is 13.7. The molecule has 0 aliphatic heterocycles. The van der Waals surface area contributed by atoms with E-state index < -0.39 is 42.0 Å². The molecule has 12 heteroatoms. The molecule has 3 aromatic rings. The number of sulfonamides is 1. The number of hydrogen-bond acceptors (Lipinski definition) is 7. The average Bonchev–Trinajstić information content (AvgIpc) is 2.96. The summed E-state index contributed by atoms with van der Waals surface area (Å²) in [6.07, 6.45) is -1.05. The summed E-state index contributed by atoms with van der Waals surface area (Å²) in [6.45, 7) is 20.7. The highest BCUT2D eigenvalue weighted by atomic mass is 35.5. The SMILES string of the molecule is Cc1cccc(S(=O)(=O)NC(=O)Cc2cccc(NC[C@@H](C)N(C[C@H](O[Si](C)(C)C(C)(C)C)c3cccc(Cl)c3)C(=O)OC(C)(C)C)c2)c1. The number of benzene rings is 3. The van der Waals surface area contributed by atoms with Crippen LogP contribution in [-0.4, -0.2) is 58.4 Å². The van der Waals surface area contributed by atoms with Crippen molar-refractivity contribution in [3.05, 3.63) is 94.5 Å². The predicted octanol–water partition coefficient (Wildman–Crippen LogP) is 8.50. The van der Waals surface area contributed by atoms with Crippen LogP contribution in [0, 0.1) is 6.92 Å². The summed E-state index contributed by atoms with van der Waals surface area (Å²) in [5.74, 6) is -0.642. The van der Waals surface area contributed by atoms with Gasteiger partial charge in [-0.1, -0.05) is 68.8 Å². The minimum Gasteiger partial charge on any atom is -0.444 e. The van der Waals surface area contributed by atoms with E-state index in [1.54, 1.807) is 42.2 Å². The number of amides is 2. The average molecular weight is 730 g/mol. The van der Waals surface area contributed by atoms with E-state index in [-0.39, 0.29) is 28.9 Å². The zero-order valence-corrected chi connectivity index (χ0v) is 33.0. The van der Waals surface area contributed by atoms with Crippen molar-refractivity contribution in [2.24, 2.45) is 0 Å². The molecule has 9 nitrogen and oxygen atoms in total. The number of anilines is 1. The Kier molecular flexibility index (Phi) is 13.2. The number of carbonyl (C=O) groups is 2. The first-order valence-corrected chi connectivity index (χ1v) is 21.2. The number of nitrogens with one attached hydrogen (secondary N) is 2. The molecule has 49 heavy (non-hydrogen) atoms. The van der Waals surface area contributed by atoms with Crippen LogP contribution in [0.25, 0.3) is 0 Å². The van der Waals surface area contributed by atoms with Gasteiger partial charge in [-0.25, -0.2) is 17.9 Å². The second kappa shape index (κ2) is 16.1. The standard InChI is InChI=1S/C37H52ClN3O6SSi/c1-26-14-11-19-32(20-26)48(44,45)40-34(42)22-28-15-12-18-31(21-28)39-24-27(2)41(35(43)46-36(3,4)5)25-33(29-16-13-17-30(38)23-29)47-49(9,10)37(6,7)8/h11-21,23,27,33,39H,22,24-25H2,1-10H3,(H,40,42)/t27-,33+/m1/s1. The van der Waals surface area contributed by atoms with E-state index in [9.17, 15) is 18.0 Å². The molecule has 0 spiro atoms. The Bertz CT molecular complexity index is 1720. The Morgan fingerprint density at radius 1 is 0.939 bits per heavy atom. The van der Waals surface area contributed by atoms with E-state index >= 15 is 0 Å². The molecule has 2 amide bonds. The molecular formula is C37H52ClN3O6SSi. The van der Waals surface area contributed by atoms with E-state index in [4.69, 9.17) is 20.8 Å². The van der Waals surface area contributed by atoms with Crippen LogP contribution in [0.15, 0.2) is 77.7 Å². The first-order valence-electron chi connectivity index (χ1n) is 16.4. The number of ether oxygens (including phenoxy) is 1. The van der Waals surface area contributed by atoms with Crippen molar-refractivity contribution in [2.45, 2.75) is 103 Å². The van der Waals surface area contributed by atoms with Crippen molar-refractivity contribution in [3.8, 4) is 0 Å². The van der Waals surface area contributed by atoms with Crippen LogP contribution in [0.5, 0.6) is 0 Å². The third kappa shape index (κ3) is 12.2. The fourth-order valence-electron chi connectivity index (χ4n) is 4.76. The molecule has 0 fully saturated rings. The van der Waals surface area contributed by atoms with Gasteiger partial charge in [0.15, 0.2) is 8.32 Å². The van der Waals surface area contributed by atoms with Gasteiger partial charge < -0.3 is 19.4 Å². The topological polar surface area (TPSA) is 114 Å². The summed E-state index contributed by atoms with van der Waals surface area (Å²) < 4.78 is 40.4. The van der Waals surface area contributed by atoms with E-state index in [1.165, 1.54) is 12.1 Å². The van der Waals surface area contributed by atoms with Gasteiger partial charge in [-0.3, -0.25) is 4.79 Å². The van der Waals surface area contributed by atoms with Crippen LogP contribution in [0.1, 0.15) is 71.3 Å². The number of rotatable bonds is 13. The van der Waals surface area contributed by atoms with E-state index in [0.717, 1.165) is 11.1 Å². The minimum atomic E-state index is -4.00. The van der Waals surface area contributed by atoms with Crippen LogP contribution in [-0.2, 0) is 30.4 Å². The molecule has 0 heterocycles. The molecule has 0 radical (unpaired) electrons. The molecular weight excluding hydrogens is 678 g/mol. The largest absolute Gasteiger partial charge is 0.444 e. The van der Waals surface area contributed by atoms with Gasteiger partial charge in [-0.2, -0.15) is 0 Å². The lowest BCUT2D eigenvalue weighted by molar-refractivity contribution is -0.118. The van der Waals surface area contributed by atoms with E-state index in [1.807, 2.05) is 58.0 Å². The molecule has 3 rings (SSSR count). The Balaban J connectivity index is 1.80. The van der Waals surface area contributed by atoms with Crippen molar-refractivity contribution < 1.29 is 27.2 Å². The first kappa shape index (κ1) is 40.0. The van der Waals surface area contributed by atoms with Gasteiger partial charge in [0.25, 0.3) is 10.0 Å². The predicted molar refractivity (Wildman–Crippen MR) is 200 cm³/mol. The Morgan fingerprint density at radius 2 is 1.59 bits per heavy atom. The van der Waals surface area contributed by atoms with Crippen molar-refractivity contribution in [1.29, 1.82) is 0 Å². The van der Waals surface area contributed by atoms with Crippen LogP contribution in [0.2, 0.25) is 23.2 Å². The van der Waals surface area contributed by atoms with E-state index in [2.05, 4.69) is 43.9 Å². The van der Waals surface area contributed by atoms with Crippen molar-refractivity contribution in [3.63, 3.8) is 0 Å². The quantitative estimate of drug-likeness (QED) is 0.170. The summed E-state index contributed by atoms with van der Waals surface area (Å²) in [7, 11) is -6.28. The van der Waals surface area contributed by atoms with Crippen molar-refractivity contribution >= 4 is 47.6 Å². The molecule has 0 unspecified atom stereocenters. The molecule has 0 aromatic heterocycles. The van der Waals surface area contributed by atoms with Gasteiger partial charge in [0.2, 0.25) is 5.91 Å². The maximum Gasteiger partial charge on any atom is 0.410 e. The molecule has 0 bridgehead atoms. The lowest BCUT2D eigenvalue weighted by Crippen LogP contribution is -2.49. The van der Waals surface area contributed by atoms with Gasteiger partial charge in [0, 0.05) is 23.3 Å². The van der Waals surface area contributed by atoms with Crippen LogP contribution in [0.4, 0.5) is 10.5 Å². The Morgan fingerprint density at radius 3 is 2.20 bits per heavy atom. The van der Waals surface area contributed by atoms with Gasteiger partial charge >= 0.3 is 6.09 Å².